The molecule has 1 unspecified atom stereocenters. The van der Waals surface area contributed by atoms with Gasteiger partial charge in [-0.25, -0.2) is 4.39 Å². The summed E-state index contributed by atoms with van der Waals surface area (Å²) in [6.45, 7) is 2.70. The molecule has 19 heavy (non-hydrogen) atoms. The molecule has 1 fully saturated rings. The van der Waals surface area contributed by atoms with Gasteiger partial charge in [0.15, 0.2) is 0 Å². The molecule has 3 nitrogen and oxygen atoms in total. The average Bonchev–Trinajstić information content (AvgIpc) is 2.32. The highest BCUT2D eigenvalue weighted by Crippen LogP contribution is 2.32. The molecule has 2 rings (SSSR count). The second kappa shape index (κ2) is 6.35. The predicted molar refractivity (Wildman–Crippen MR) is 75.7 cm³/mol. The van der Waals surface area contributed by atoms with E-state index >= 15 is 0 Å². The molecule has 0 bridgehead atoms. The highest BCUT2D eigenvalue weighted by atomic mass is 19.1. The van der Waals surface area contributed by atoms with Gasteiger partial charge in [0.1, 0.15) is 5.82 Å². The van der Waals surface area contributed by atoms with Gasteiger partial charge >= 0.3 is 0 Å². The third-order valence-corrected chi connectivity index (χ3v) is 3.88. The van der Waals surface area contributed by atoms with E-state index in [1.54, 1.807) is 0 Å². The lowest BCUT2D eigenvalue weighted by molar-refractivity contribution is 0.282. The summed E-state index contributed by atoms with van der Waals surface area (Å²) in [6, 6.07) is 5.52. The number of aliphatic hydroxyl groups excluding tert-OH is 1. The van der Waals surface area contributed by atoms with E-state index in [0.29, 0.717) is 24.7 Å². The van der Waals surface area contributed by atoms with Gasteiger partial charge < -0.3 is 15.7 Å². The molecule has 0 aromatic heterocycles. The van der Waals surface area contributed by atoms with Crippen LogP contribution in [-0.4, -0.2) is 24.3 Å². The summed E-state index contributed by atoms with van der Waals surface area (Å²) < 4.78 is 14.2. The van der Waals surface area contributed by atoms with Crippen LogP contribution in [0.15, 0.2) is 18.2 Å². The van der Waals surface area contributed by atoms with Gasteiger partial charge in [0.25, 0.3) is 0 Å². The lowest BCUT2D eigenvalue weighted by atomic mass is 9.90. The predicted octanol–water partition coefficient (Wildman–Crippen LogP) is 2.59. The Morgan fingerprint density at radius 3 is 2.68 bits per heavy atom. The minimum Gasteiger partial charge on any atom is -0.396 e. The van der Waals surface area contributed by atoms with Crippen LogP contribution in [0.2, 0.25) is 0 Å². The van der Waals surface area contributed by atoms with Crippen LogP contribution in [0.1, 0.15) is 44.2 Å². The van der Waals surface area contributed by atoms with Crippen LogP contribution in [0.5, 0.6) is 0 Å². The third-order valence-electron chi connectivity index (χ3n) is 3.88. The van der Waals surface area contributed by atoms with Crippen molar-refractivity contribution in [2.75, 3.05) is 18.1 Å². The van der Waals surface area contributed by atoms with Crippen LogP contribution >= 0.6 is 0 Å². The fourth-order valence-electron chi connectivity index (χ4n) is 2.48. The van der Waals surface area contributed by atoms with Crippen molar-refractivity contribution in [1.82, 2.24) is 0 Å². The standard InChI is InChI=1S/C15H23FN2O/c1-11(17)12-6-7-15(14(16)10-12)18(8-3-9-19)13-4-2-5-13/h6-7,10-11,13,19H,2-5,8-9,17H2,1H3. The number of halogens is 1. The second-order valence-electron chi connectivity index (χ2n) is 5.35. The van der Waals surface area contributed by atoms with Crippen molar-refractivity contribution in [3.8, 4) is 0 Å². The first-order chi connectivity index (χ1) is 9.13. The maximum Gasteiger partial charge on any atom is 0.146 e. The fraction of sp³-hybridized carbons (Fsp3) is 0.600. The van der Waals surface area contributed by atoms with E-state index in [9.17, 15) is 4.39 Å². The number of aliphatic hydroxyl groups is 1. The Balaban J connectivity index is 2.20. The Morgan fingerprint density at radius 2 is 2.21 bits per heavy atom. The van der Waals surface area contributed by atoms with E-state index in [2.05, 4.69) is 4.90 Å². The molecule has 0 radical (unpaired) electrons. The molecule has 3 N–H and O–H groups in total. The molecule has 0 spiro atoms. The lowest BCUT2D eigenvalue weighted by Gasteiger charge is -2.39. The van der Waals surface area contributed by atoms with Crippen LogP contribution in [0, 0.1) is 5.82 Å². The molecule has 1 saturated carbocycles. The summed E-state index contributed by atoms with van der Waals surface area (Å²) in [5.41, 5.74) is 7.23. The third kappa shape index (κ3) is 3.25. The van der Waals surface area contributed by atoms with Gasteiger partial charge in [-0.2, -0.15) is 0 Å². The smallest absolute Gasteiger partial charge is 0.146 e. The van der Waals surface area contributed by atoms with Crippen LogP contribution in [0.3, 0.4) is 0 Å². The highest BCUT2D eigenvalue weighted by molar-refractivity contribution is 5.51. The lowest BCUT2D eigenvalue weighted by Crippen LogP contribution is -2.41. The van der Waals surface area contributed by atoms with Gasteiger partial charge in [-0.1, -0.05) is 6.07 Å². The van der Waals surface area contributed by atoms with Gasteiger partial charge in [-0.15, -0.1) is 0 Å². The van der Waals surface area contributed by atoms with E-state index in [4.69, 9.17) is 10.8 Å². The minimum atomic E-state index is -0.209. The first kappa shape index (κ1) is 14.3. The maximum absolute atomic E-state index is 14.2. The molecule has 1 atom stereocenters. The van der Waals surface area contributed by atoms with Crippen LogP contribution < -0.4 is 10.6 Å². The number of rotatable bonds is 6. The van der Waals surface area contributed by atoms with E-state index in [0.717, 1.165) is 18.4 Å². The zero-order chi connectivity index (χ0) is 13.8. The monoisotopic (exact) mass is 266 g/mol. The molecule has 0 heterocycles. The number of hydrogen-bond acceptors (Lipinski definition) is 3. The van der Waals surface area contributed by atoms with Crippen molar-refractivity contribution in [3.05, 3.63) is 29.6 Å². The quantitative estimate of drug-likeness (QED) is 0.832. The van der Waals surface area contributed by atoms with Crippen molar-refractivity contribution in [1.29, 1.82) is 0 Å². The Hall–Kier alpha value is -1.13. The molecule has 1 aromatic rings. The maximum atomic E-state index is 14.2. The highest BCUT2D eigenvalue weighted by Gasteiger charge is 2.26. The van der Waals surface area contributed by atoms with Crippen molar-refractivity contribution < 1.29 is 9.50 Å². The molecule has 1 aromatic carbocycles. The molecule has 0 saturated heterocycles. The second-order valence-corrected chi connectivity index (χ2v) is 5.35. The summed E-state index contributed by atoms with van der Waals surface area (Å²) in [5, 5.41) is 8.98. The molecule has 106 valence electrons. The number of anilines is 1. The molecule has 0 amide bonds. The molecule has 1 aliphatic rings. The van der Waals surface area contributed by atoms with E-state index < -0.39 is 0 Å². The summed E-state index contributed by atoms with van der Waals surface area (Å²) in [6.07, 6.45) is 4.10. The van der Waals surface area contributed by atoms with E-state index in [1.807, 2.05) is 19.1 Å². The zero-order valence-corrected chi connectivity index (χ0v) is 11.5. The van der Waals surface area contributed by atoms with Gasteiger partial charge in [-0.05, 0) is 50.3 Å². The fourth-order valence-corrected chi connectivity index (χ4v) is 2.48. The van der Waals surface area contributed by atoms with Crippen LogP contribution in [0.25, 0.3) is 0 Å². The molecule has 4 heteroatoms. The topological polar surface area (TPSA) is 49.5 Å². The summed E-state index contributed by atoms with van der Waals surface area (Å²) in [7, 11) is 0. The van der Waals surface area contributed by atoms with Gasteiger partial charge in [0.05, 0.1) is 5.69 Å². The van der Waals surface area contributed by atoms with E-state index in [-0.39, 0.29) is 18.5 Å². The normalized spacial score (nSPS) is 17.1. The summed E-state index contributed by atoms with van der Waals surface area (Å²) >= 11 is 0. The first-order valence-corrected chi connectivity index (χ1v) is 7.06. The number of nitrogens with zero attached hydrogens (tertiary/aromatic N) is 1. The molecule has 0 aliphatic heterocycles. The Kier molecular flexibility index (Phi) is 4.77. The van der Waals surface area contributed by atoms with E-state index in [1.165, 1.54) is 12.5 Å². The Bertz CT molecular complexity index is 419. The average molecular weight is 266 g/mol. The Labute approximate surface area is 114 Å². The Morgan fingerprint density at radius 1 is 1.47 bits per heavy atom. The van der Waals surface area contributed by atoms with Crippen LogP contribution in [0.4, 0.5) is 10.1 Å². The van der Waals surface area contributed by atoms with Gasteiger partial charge in [-0.3, -0.25) is 0 Å². The number of benzene rings is 1. The van der Waals surface area contributed by atoms with Crippen LogP contribution in [-0.2, 0) is 0 Å². The largest absolute Gasteiger partial charge is 0.396 e. The minimum absolute atomic E-state index is 0.142. The zero-order valence-electron chi connectivity index (χ0n) is 11.5. The first-order valence-electron chi connectivity index (χ1n) is 7.06. The summed E-state index contributed by atoms with van der Waals surface area (Å²) in [4.78, 5) is 2.10. The van der Waals surface area contributed by atoms with Gasteiger partial charge in [0.2, 0.25) is 0 Å². The molecular formula is C15H23FN2O. The van der Waals surface area contributed by atoms with Crippen molar-refractivity contribution >= 4 is 5.69 Å². The molecular weight excluding hydrogens is 243 g/mol. The molecule has 1 aliphatic carbocycles. The SMILES string of the molecule is CC(N)c1ccc(N(CCCO)C2CCC2)c(F)c1. The number of hydrogen-bond donors (Lipinski definition) is 2. The van der Waals surface area contributed by atoms with Gasteiger partial charge in [0, 0.05) is 25.2 Å². The van der Waals surface area contributed by atoms with Crippen molar-refractivity contribution in [2.45, 2.75) is 44.7 Å². The number of nitrogens with two attached hydrogens (primary N) is 1. The van der Waals surface area contributed by atoms with Crippen molar-refractivity contribution in [2.24, 2.45) is 5.73 Å². The van der Waals surface area contributed by atoms with Crippen molar-refractivity contribution in [3.63, 3.8) is 0 Å². The summed E-state index contributed by atoms with van der Waals surface area (Å²) in [5.74, 6) is -0.209.